The number of amides is 2. The smallest absolute Gasteiger partial charge is 0.258 e. The molecule has 5 nitrogen and oxygen atoms in total. The molecule has 182 valence electrons. The SMILES string of the molecule is Cc1ccccc1C(=O)N(Cc1cccc(F)c1)c1ccc(CC(=O)NCCN2CCCC2)cc1. The van der Waals surface area contributed by atoms with E-state index in [4.69, 9.17) is 0 Å². The molecule has 1 N–H and O–H groups in total. The van der Waals surface area contributed by atoms with Crippen molar-refractivity contribution in [2.45, 2.75) is 32.7 Å². The lowest BCUT2D eigenvalue weighted by Gasteiger charge is -2.24. The summed E-state index contributed by atoms with van der Waals surface area (Å²) in [6, 6.07) is 21.2. The molecule has 0 bridgehead atoms. The van der Waals surface area contributed by atoms with Crippen LogP contribution in [0.2, 0.25) is 0 Å². The van der Waals surface area contributed by atoms with E-state index in [-0.39, 0.29) is 30.6 Å². The third kappa shape index (κ3) is 6.76. The number of hydrogen-bond donors (Lipinski definition) is 1. The van der Waals surface area contributed by atoms with E-state index in [9.17, 15) is 14.0 Å². The van der Waals surface area contributed by atoms with Gasteiger partial charge in [-0.1, -0.05) is 42.5 Å². The lowest BCUT2D eigenvalue weighted by molar-refractivity contribution is -0.120. The maximum atomic E-state index is 13.8. The first kappa shape index (κ1) is 24.6. The maximum Gasteiger partial charge on any atom is 0.258 e. The Morgan fingerprint density at radius 3 is 2.40 bits per heavy atom. The number of carbonyl (C=O) groups excluding carboxylic acids is 2. The highest BCUT2D eigenvalue weighted by Crippen LogP contribution is 2.23. The standard InChI is InChI=1S/C29H32FN3O2/c1-22-7-2-3-10-27(22)29(35)33(21-24-8-6-9-25(30)19-24)26-13-11-23(12-14-26)20-28(34)31-15-18-32-16-4-5-17-32/h2-3,6-14,19H,4-5,15-18,20-21H2,1H3,(H,31,34). The second-order valence-corrected chi connectivity index (χ2v) is 9.08. The highest BCUT2D eigenvalue weighted by molar-refractivity contribution is 6.07. The minimum atomic E-state index is -0.336. The molecule has 0 aliphatic carbocycles. The summed E-state index contributed by atoms with van der Waals surface area (Å²) in [6.45, 7) is 5.92. The Labute approximate surface area is 206 Å². The predicted octanol–water partition coefficient (Wildman–Crippen LogP) is 4.74. The van der Waals surface area contributed by atoms with Crippen LogP contribution >= 0.6 is 0 Å². The zero-order chi connectivity index (χ0) is 24.6. The van der Waals surface area contributed by atoms with E-state index in [1.165, 1.54) is 25.0 Å². The van der Waals surface area contributed by atoms with Crippen LogP contribution in [-0.4, -0.2) is 42.9 Å². The van der Waals surface area contributed by atoms with Crippen molar-refractivity contribution in [3.63, 3.8) is 0 Å². The number of carbonyl (C=O) groups is 2. The third-order valence-electron chi connectivity index (χ3n) is 6.41. The number of anilines is 1. The second kappa shape index (κ2) is 11.8. The van der Waals surface area contributed by atoms with Crippen molar-refractivity contribution in [2.24, 2.45) is 0 Å². The Kier molecular flexibility index (Phi) is 8.27. The van der Waals surface area contributed by atoms with Gasteiger partial charge in [-0.05, 0) is 79.9 Å². The quantitative estimate of drug-likeness (QED) is 0.489. The predicted molar refractivity (Wildman–Crippen MR) is 137 cm³/mol. The van der Waals surface area contributed by atoms with Gasteiger partial charge in [0.25, 0.3) is 5.91 Å². The number of nitrogens with zero attached hydrogens (tertiary/aromatic N) is 2. The molecule has 0 radical (unpaired) electrons. The van der Waals surface area contributed by atoms with E-state index in [0.29, 0.717) is 23.4 Å². The monoisotopic (exact) mass is 473 g/mol. The molecule has 1 fully saturated rings. The Hall–Kier alpha value is -3.51. The molecule has 0 atom stereocenters. The summed E-state index contributed by atoms with van der Waals surface area (Å²) < 4.78 is 13.8. The number of likely N-dealkylation sites (tertiary alicyclic amines) is 1. The van der Waals surface area contributed by atoms with E-state index < -0.39 is 0 Å². The van der Waals surface area contributed by atoms with Gasteiger partial charge in [0.05, 0.1) is 13.0 Å². The van der Waals surface area contributed by atoms with E-state index in [0.717, 1.165) is 30.8 Å². The van der Waals surface area contributed by atoms with Gasteiger partial charge in [-0.15, -0.1) is 0 Å². The summed E-state index contributed by atoms with van der Waals surface area (Å²) in [5.41, 5.74) is 3.75. The largest absolute Gasteiger partial charge is 0.355 e. The summed E-state index contributed by atoms with van der Waals surface area (Å²) >= 11 is 0. The molecule has 1 aliphatic rings. The van der Waals surface area contributed by atoms with Crippen LogP contribution in [0.5, 0.6) is 0 Å². The number of halogens is 1. The fourth-order valence-corrected chi connectivity index (χ4v) is 4.46. The van der Waals surface area contributed by atoms with Gasteiger partial charge in [0.2, 0.25) is 5.91 Å². The van der Waals surface area contributed by atoms with Gasteiger partial charge < -0.3 is 15.1 Å². The van der Waals surface area contributed by atoms with Crippen molar-refractivity contribution in [1.82, 2.24) is 10.2 Å². The summed E-state index contributed by atoms with van der Waals surface area (Å²) in [5, 5.41) is 3.00. The lowest BCUT2D eigenvalue weighted by Crippen LogP contribution is -2.34. The lowest BCUT2D eigenvalue weighted by atomic mass is 10.1. The normalized spacial score (nSPS) is 13.5. The van der Waals surface area contributed by atoms with Gasteiger partial charge in [-0.2, -0.15) is 0 Å². The highest BCUT2D eigenvalue weighted by Gasteiger charge is 2.20. The van der Waals surface area contributed by atoms with E-state index in [2.05, 4.69) is 10.2 Å². The molecule has 4 rings (SSSR count). The zero-order valence-electron chi connectivity index (χ0n) is 20.2. The molecular weight excluding hydrogens is 441 g/mol. The van der Waals surface area contributed by atoms with E-state index in [1.54, 1.807) is 17.0 Å². The van der Waals surface area contributed by atoms with Gasteiger partial charge in [0, 0.05) is 24.3 Å². The summed E-state index contributed by atoms with van der Waals surface area (Å²) in [6.07, 6.45) is 2.77. The van der Waals surface area contributed by atoms with Crippen molar-refractivity contribution >= 4 is 17.5 Å². The minimum Gasteiger partial charge on any atom is -0.355 e. The Morgan fingerprint density at radius 2 is 1.69 bits per heavy atom. The number of hydrogen-bond acceptors (Lipinski definition) is 3. The molecule has 0 spiro atoms. The molecule has 35 heavy (non-hydrogen) atoms. The third-order valence-corrected chi connectivity index (χ3v) is 6.41. The van der Waals surface area contributed by atoms with Crippen molar-refractivity contribution < 1.29 is 14.0 Å². The van der Waals surface area contributed by atoms with Gasteiger partial charge >= 0.3 is 0 Å². The van der Waals surface area contributed by atoms with Crippen LogP contribution in [0, 0.1) is 12.7 Å². The first-order valence-corrected chi connectivity index (χ1v) is 12.2. The molecule has 3 aromatic rings. The van der Waals surface area contributed by atoms with E-state index >= 15 is 0 Å². The van der Waals surface area contributed by atoms with Gasteiger partial charge in [-0.25, -0.2) is 4.39 Å². The Balaban J connectivity index is 1.46. The summed E-state index contributed by atoms with van der Waals surface area (Å²) in [7, 11) is 0. The van der Waals surface area contributed by atoms with Crippen LogP contribution in [0.3, 0.4) is 0 Å². The Bertz CT molecular complexity index is 1160. The van der Waals surface area contributed by atoms with Crippen molar-refractivity contribution in [2.75, 3.05) is 31.1 Å². The molecule has 1 aliphatic heterocycles. The number of benzene rings is 3. The van der Waals surface area contributed by atoms with Gasteiger partial charge in [-0.3, -0.25) is 9.59 Å². The summed E-state index contributed by atoms with van der Waals surface area (Å²) in [4.78, 5) is 29.9. The van der Waals surface area contributed by atoms with Crippen LogP contribution in [-0.2, 0) is 17.8 Å². The topological polar surface area (TPSA) is 52.7 Å². The van der Waals surface area contributed by atoms with Gasteiger partial charge in [0.1, 0.15) is 5.82 Å². The maximum absolute atomic E-state index is 13.8. The van der Waals surface area contributed by atoms with Crippen LogP contribution < -0.4 is 10.2 Å². The fraction of sp³-hybridized carbons (Fsp3) is 0.310. The van der Waals surface area contributed by atoms with E-state index in [1.807, 2.05) is 55.5 Å². The Morgan fingerprint density at radius 1 is 0.943 bits per heavy atom. The average molecular weight is 474 g/mol. The van der Waals surface area contributed by atoms with Crippen molar-refractivity contribution in [3.05, 3.63) is 101 Å². The molecule has 6 heteroatoms. The molecular formula is C29H32FN3O2. The molecule has 1 saturated heterocycles. The molecule has 0 aromatic heterocycles. The molecule has 3 aromatic carbocycles. The number of nitrogens with one attached hydrogen (secondary N) is 1. The summed E-state index contributed by atoms with van der Waals surface area (Å²) in [5.74, 6) is -0.499. The second-order valence-electron chi connectivity index (χ2n) is 9.08. The van der Waals surface area contributed by atoms with Crippen LogP contribution in [0.15, 0.2) is 72.8 Å². The van der Waals surface area contributed by atoms with Gasteiger partial charge in [0.15, 0.2) is 0 Å². The van der Waals surface area contributed by atoms with Crippen LogP contribution in [0.25, 0.3) is 0 Å². The van der Waals surface area contributed by atoms with Crippen molar-refractivity contribution in [3.8, 4) is 0 Å². The number of rotatable bonds is 9. The fourth-order valence-electron chi connectivity index (χ4n) is 4.46. The van der Waals surface area contributed by atoms with Crippen molar-refractivity contribution in [1.29, 1.82) is 0 Å². The highest BCUT2D eigenvalue weighted by atomic mass is 19.1. The molecule has 0 saturated carbocycles. The zero-order valence-corrected chi connectivity index (χ0v) is 20.2. The van der Waals surface area contributed by atoms with Crippen LogP contribution in [0.1, 0.15) is 39.9 Å². The first-order chi connectivity index (χ1) is 17.0. The molecule has 0 unspecified atom stereocenters. The average Bonchev–Trinajstić information content (AvgIpc) is 3.37. The number of aryl methyl sites for hydroxylation is 1. The minimum absolute atomic E-state index is 0.00968. The first-order valence-electron chi connectivity index (χ1n) is 12.2. The van der Waals surface area contributed by atoms with Crippen LogP contribution in [0.4, 0.5) is 10.1 Å². The molecule has 1 heterocycles. The molecule has 2 amide bonds.